The fraction of sp³-hybridized carbons (Fsp3) is 0.722. The lowest BCUT2D eigenvalue weighted by Crippen LogP contribution is -2.31. The van der Waals surface area contributed by atoms with Crippen molar-refractivity contribution in [2.24, 2.45) is 23.7 Å². The Kier molecular flexibility index (Phi) is 5.91. The van der Waals surface area contributed by atoms with Crippen LogP contribution in [0.3, 0.4) is 0 Å². The molecule has 25 heavy (non-hydrogen) atoms. The van der Waals surface area contributed by atoms with Crippen LogP contribution in [0.15, 0.2) is 24.3 Å². The van der Waals surface area contributed by atoms with Crippen molar-refractivity contribution in [3.8, 4) is 0 Å². The standard InChI is InChI=1S/C10H14O4.C8H12O3/c1-6(12)13-5-8-7(4-11)9-2-3-10(8)14-9;9-3-5-6(4-10)8-2-1-7(5)11-8/h2-3,7-11H,4-5H2,1H3;1-2,5-10H,3-4H2/t7-,8+,9+,10-;5-,6+,7+,8-/m1./s1. The molecule has 4 heterocycles. The van der Waals surface area contributed by atoms with Crippen molar-refractivity contribution in [2.75, 3.05) is 26.4 Å². The predicted octanol–water partition coefficient (Wildman–Crippen LogP) is -0.348. The van der Waals surface area contributed by atoms with Crippen LogP contribution in [0.25, 0.3) is 0 Å². The maximum absolute atomic E-state index is 10.7. The highest BCUT2D eigenvalue weighted by Crippen LogP contribution is 2.39. The Morgan fingerprint density at radius 3 is 1.52 bits per heavy atom. The number of ether oxygens (including phenoxy) is 3. The molecule has 0 aromatic heterocycles. The maximum atomic E-state index is 10.7. The van der Waals surface area contributed by atoms with Crippen LogP contribution in [-0.4, -0.2) is 72.1 Å². The smallest absolute Gasteiger partial charge is 0.302 e. The number of aliphatic hydroxyl groups excluding tert-OH is 3. The summed E-state index contributed by atoms with van der Waals surface area (Å²) < 4.78 is 16.0. The summed E-state index contributed by atoms with van der Waals surface area (Å²) >= 11 is 0. The molecular formula is C18H26O7. The van der Waals surface area contributed by atoms with Gasteiger partial charge in [-0.05, 0) is 0 Å². The lowest BCUT2D eigenvalue weighted by atomic mass is 9.84. The number of aliphatic hydroxyl groups is 3. The van der Waals surface area contributed by atoms with Gasteiger partial charge in [0.1, 0.15) is 0 Å². The molecule has 4 bridgehead atoms. The monoisotopic (exact) mass is 354 g/mol. The Bertz CT molecular complexity index is 514. The molecule has 2 fully saturated rings. The summed E-state index contributed by atoms with van der Waals surface area (Å²) in [5.74, 6) is 0.113. The van der Waals surface area contributed by atoms with Crippen molar-refractivity contribution in [3.05, 3.63) is 24.3 Å². The van der Waals surface area contributed by atoms with Gasteiger partial charge in [0.15, 0.2) is 0 Å². The molecule has 0 saturated carbocycles. The van der Waals surface area contributed by atoms with Gasteiger partial charge in [0.05, 0.1) is 31.0 Å². The number of hydrogen-bond donors (Lipinski definition) is 3. The van der Waals surface area contributed by atoms with Crippen molar-refractivity contribution in [2.45, 2.75) is 31.3 Å². The number of rotatable bonds is 5. The normalized spacial score (nSPS) is 42.6. The highest BCUT2D eigenvalue weighted by molar-refractivity contribution is 5.65. The number of esters is 1. The van der Waals surface area contributed by atoms with E-state index in [4.69, 9.17) is 29.5 Å². The molecule has 8 atom stereocenters. The van der Waals surface area contributed by atoms with Crippen LogP contribution in [0.4, 0.5) is 0 Å². The van der Waals surface area contributed by atoms with Crippen LogP contribution >= 0.6 is 0 Å². The van der Waals surface area contributed by atoms with Gasteiger partial charge in [-0.2, -0.15) is 0 Å². The minimum Gasteiger partial charge on any atom is -0.465 e. The minimum absolute atomic E-state index is 0.00515. The fourth-order valence-corrected chi connectivity index (χ4v) is 4.08. The molecule has 0 aromatic carbocycles. The second kappa shape index (κ2) is 7.97. The SMILES string of the molecule is CC(=O)OC[C@H]1[C@@H](CO)[C@@H]2C=C[C@H]1O2.OC[C@@H]1[C@H](CO)[C@H]2C=C[C@@H]1O2. The summed E-state index contributed by atoms with van der Waals surface area (Å²) in [4.78, 5) is 10.7. The van der Waals surface area contributed by atoms with Crippen LogP contribution in [0, 0.1) is 23.7 Å². The van der Waals surface area contributed by atoms with Crippen molar-refractivity contribution < 1.29 is 34.3 Å². The van der Waals surface area contributed by atoms with Gasteiger partial charge in [-0.3, -0.25) is 4.79 Å². The van der Waals surface area contributed by atoms with Gasteiger partial charge < -0.3 is 29.5 Å². The van der Waals surface area contributed by atoms with E-state index >= 15 is 0 Å². The molecule has 4 aliphatic rings. The lowest BCUT2D eigenvalue weighted by Gasteiger charge is -2.22. The largest absolute Gasteiger partial charge is 0.465 e. The van der Waals surface area contributed by atoms with E-state index in [1.807, 2.05) is 24.3 Å². The highest BCUT2D eigenvalue weighted by Gasteiger charge is 2.46. The first-order valence-corrected chi connectivity index (χ1v) is 8.72. The van der Waals surface area contributed by atoms with Crippen molar-refractivity contribution >= 4 is 5.97 Å². The van der Waals surface area contributed by atoms with Gasteiger partial charge >= 0.3 is 5.97 Å². The molecule has 0 aliphatic carbocycles. The van der Waals surface area contributed by atoms with Gasteiger partial charge in [0.25, 0.3) is 0 Å². The summed E-state index contributed by atoms with van der Waals surface area (Å²) in [6.45, 7) is 2.02. The molecule has 4 aliphatic heterocycles. The van der Waals surface area contributed by atoms with Crippen LogP contribution in [-0.2, 0) is 19.0 Å². The van der Waals surface area contributed by atoms with E-state index in [0.717, 1.165) is 0 Å². The third-order valence-corrected chi connectivity index (χ3v) is 5.51. The average molecular weight is 354 g/mol. The molecule has 2 saturated heterocycles. The number of carbonyl (C=O) groups excluding carboxylic acids is 1. The summed E-state index contributed by atoms with van der Waals surface area (Å²) in [7, 11) is 0. The second-order valence-corrected chi connectivity index (χ2v) is 6.91. The molecule has 0 amide bonds. The summed E-state index contributed by atoms with van der Waals surface area (Å²) in [5.41, 5.74) is 0. The van der Waals surface area contributed by atoms with E-state index in [0.29, 0.717) is 6.61 Å². The van der Waals surface area contributed by atoms with Gasteiger partial charge in [-0.1, -0.05) is 24.3 Å². The molecule has 0 aromatic rings. The number of hydrogen-bond acceptors (Lipinski definition) is 7. The fourth-order valence-electron chi connectivity index (χ4n) is 4.08. The molecule has 0 unspecified atom stereocenters. The zero-order valence-electron chi connectivity index (χ0n) is 14.2. The molecule has 7 heteroatoms. The quantitative estimate of drug-likeness (QED) is 0.458. The Morgan fingerprint density at radius 1 is 0.800 bits per heavy atom. The van der Waals surface area contributed by atoms with E-state index in [-0.39, 0.29) is 73.9 Å². The topological polar surface area (TPSA) is 105 Å². The summed E-state index contributed by atoms with van der Waals surface area (Å²) in [5, 5.41) is 27.1. The molecule has 4 rings (SSSR count). The first-order valence-electron chi connectivity index (χ1n) is 8.72. The maximum Gasteiger partial charge on any atom is 0.302 e. The Labute approximate surface area is 146 Å². The summed E-state index contributed by atoms with van der Waals surface area (Å²) in [6.07, 6.45) is 7.99. The predicted molar refractivity (Wildman–Crippen MR) is 87.5 cm³/mol. The van der Waals surface area contributed by atoms with Crippen LogP contribution in [0.1, 0.15) is 6.92 Å². The second-order valence-electron chi connectivity index (χ2n) is 6.91. The van der Waals surface area contributed by atoms with Crippen molar-refractivity contribution in [1.29, 1.82) is 0 Å². The number of fused-ring (bicyclic) bond motifs is 4. The minimum atomic E-state index is -0.284. The van der Waals surface area contributed by atoms with E-state index in [1.54, 1.807) is 0 Å². The lowest BCUT2D eigenvalue weighted by molar-refractivity contribution is -0.143. The highest BCUT2D eigenvalue weighted by atomic mass is 16.5. The first kappa shape index (κ1) is 18.5. The molecule has 7 nitrogen and oxygen atoms in total. The van der Waals surface area contributed by atoms with E-state index in [2.05, 4.69) is 0 Å². The van der Waals surface area contributed by atoms with E-state index < -0.39 is 0 Å². The summed E-state index contributed by atoms with van der Waals surface area (Å²) in [6, 6.07) is 0. The molecule has 0 spiro atoms. The Hall–Kier alpha value is -1.25. The van der Waals surface area contributed by atoms with Crippen LogP contribution in [0.2, 0.25) is 0 Å². The van der Waals surface area contributed by atoms with E-state index in [9.17, 15) is 4.79 Å². The third-order valence-electron chi connectivity index (χ3n) is 5.51. The molecule has 0 radical (unpaired) electrons. The molecular weight excluding hydrogens is 328 g/mol. The number of carbonyl (C=O) groups is 1. The Morgan fingerprint density at radius 2 is 1.16 bits per heavy atom. The third kappa shape index (κ3) is 3.66. The van der Waals surface area contributed by atoms with Gasteiger partial charge in [-0.15, -0.1) is 0 Å². The van der Waals surface area contributed by atoms with Gasteiger partial charge in [0.2, 0.25) is 0 Å². The van der Waals surface area contributed by atoms with Crippen molar-refractivity contribution in [1.82, 2.24) is 0 Å². The Balaban J connectivity index is 0.000000150. The van der Waals surface area contributed by atoms with Crippen molar-refractivity contribution in [3.63, 3.8) is 0 Å². The zero-order chi connectivity index (χ0) is 18.0. The van der Waals surface area contributed by atoms with E-state index in [1.165, 1.54) is 6.92 Å². The molecule has 3 N–H and O–H groups in total. The van der Waals surface area contributed by atoms with Gasteiger partial charge in [-0.25, -0.2) is 0 Å². The first-order chi connectivity index (χ1) is 12.1. The van der Waals surface area contributed by atoms with Crippen LogP contribution in [0.5, 0.6) is 0 Å². The molecule has 140 valence electrons. The zero-order valence-corrected chi connectivity index (χ0v) is 14.2. The van der Waals surface area contributed by atoms with Gasteiger partial charge in [0, 0.05) is 50.4 Å². The average Bonchev–Trinajstić information content (AvgIpc) is 3.38. The van der Waals surface area contributed by atoms with Crippen LogP contribution < -0.4 is 0 Å².